The maximum absolute atomic E-state index is 12.9. The van der Waals surface area contributed by atoms with Crippen LogP contribution in [0.5, 0.6) is 0 Å². The van der Waals surface area contributed by atoms with Gasteiger partial charge in [-0.25, -0.2) is 18.4 Å². The van der Waals surface area contributed by atoms with Gasteiger partial charge in [0.15, 0.2) is 0 Å². The number of alkyl halides is 3. The Kier molecular flexibility index (Phi) is 4.49. The van der Waals surface area contributed by atoms with Crippen molar-refractivity contribution >= 4 is 9.84 Å². The first-order valence-electron chi connectivity index (χ1n) is 7.37. The predicted molar refractivity (Wildman–Crippen MR) is 86.9 cm³/mol. The van der Waals surface area contributed by atoms with Crippen molar-refractivity contribution in [2.24, 2.45) is 0 Å². The monoisotopic (exact) mass is 379 g/mol. The summed E-state index contributed by atoms with van der Waals surface area (Å²) in [7, 11) is -4.28. The lowest BCUT2D eigenvalue weighted by Gasteiger charge is -2.12. The first-order chi connectivity index (χ1) is 12.2. The molecule has 0 aliphatic rings. The molecular formula is C17H12F3N3O2S. The number of aryl methyl sites for hydroxylation is 1. The van der Waals surface area contributed by atoms with Crippen molar-refractivity contribution in [2.45, 2.75) is 22.9 Å². The molecule has 0 fully saturated rings. The van der Waals surface area contributed by atoms with E-state index in [1.807, 2.05) is 0 Å². The lowest BCUT2D eigenvalue weighted by molar-refractivity contribution is -0.137. The number of hydrogen-bond acceptors (Lipinski definition) is 5. The summed E-state index contributed by atoms with van der Waals surface area (Å²) in [4.78, 5) is 11.3. The minimum atomic E-state index is -4.65. The van der Waals surface area contributed by atoms with Gasteiger partial charge in [-0.1, -0.05) is 12.1 Å². The molecule has 9 heteroatoms. The second-order valence-corrected chi connectivity index (χ2v) is 7.29. The third-order valence-corrected chi connectivity index (χ3v) is 5.30. The number of rotatable bonds is 3. The molecule has 0 saturated heterocycles. The molecule has 3 rings (SSSR count). The summed E-state index contributed by atoms with van der Waals surface area (Å²) in [5, 5.41) is 0. The Hall–Kier alpha value is -2.81. The van der Waals surface area contributed by atoms with E-state index in [1.165, 1.54) is 6.20 Å². The molecule has 0 saturated carbocycles. The van der Waals surface area contributed by atoms with Gasteiger partial charge in [0.25, 0.3) is 0 Å². The summed E-state index contributed by atoms with van der Waals surface area (Å²) in [6, 6.07) is 8.42. The molecule has 2 aromatic heterocycles. The van der Waals surface area contributed by atoms with Gasteiger partial charge in [-0.05, 0) is 37.3 Å². The van der Waals surface area contributed by atoms with Gasteiger partial charge >= 0.3 is 6.18 Å². The maximum atomic E-state index is 12.9. The van der Waals surface area contributed by atoms with E-state index in [0.717, 1.165) is 24.4 Å². The highest BCUT2D eigenvalue weighted by Crippen LogP contribution is 2.33. The van der Waals surface area contributed by atoms with E-state index in [9.17, 15) is 21.6 Å². The van der Waals surface area contributed by atoms with Gasteiger partial charge in [-0.15, -0.1) is 0 Å². The van der Waals surface area contributed by atoms with Gasteiger partial charge in [0.2, 0.25) is 9.84 Å². The highest BCUT2D eigenvalue weighted by atomic mass is 32.2. The van der Waals surface area contributed by atoms with Crippen molar-refractivity contribution in [2.75, 3.05) is 0 Å². The number of benzene rings is 1. The van der Waals surface area contributed by atoms with Gasteiger partial charge in [0.1, 0.15) is 16.4 Å². The van der Waals surface area contributed by atoms with Gasteiger partial charge < -0.3 is 0 Å². The lowest BCUT2D eigenvalue weighted by atomic mass is 10.2. The first-order valence-corrected chi connectivity index (χ1v) is 8.85. The van der Waals surface area contributed by atoms with E-state index < -0.39 is 26.5 Å². The highest BCUT2D eigenvalue weighted by molar-refractivity contribution is 7.91. The zero-order valence-electron chi connectivity index (χ0n) is 13.4. The maximum Gasteiger partial charge on any atom is 0.416 e. The Morgan fingerprint density at radius 1 is 1.00 bits per heavy atom. The lowest BCUT2D eigenvalue weighted by Crippen LogP contribution is -2.10. The Balaban J connectivity index is 2.21. The van der Waals surface area contributed by atoms with Crippen molar-refractivity contribution < 1.29 is 21.6 Å². The van der Waals surface area contributed by atoms with Crippen LogP contribution in [0.25, 0.3) is 11.4 Å². The minimum absolute atomic E-state index is 0.0375. The van der Waals surface area contributed by atoms with Crippen LogP contribution in [0.1, 0.15) is 11.4 Å². The molecule has 3 aromatic rings. The third kappa shape index (κ3) is 3.43. The molecule has 1 aromatic carbocycles. The second-order valence-electron chi connectivity index (χ2n) is 5.37. The predicted octanol–water partition coefficient (Wildman–Crippen LogP) is 3.70. The van der Waals surface area contributed by atoms with Crippen molar-refractivity contribution in [1.82, 2.24) is 15.0 Å². The number of nitrogens with zero attached hydrogens (tertiary/aromatic N) is 3. The SMILES string of the molecule is Cc1ncc(S(=O)(=O)c2cccc(C(F)(F)F)c2)c(-c2ccccn2)n1. The van der Waals surface area contributed by atoms with Gasteiger partial charge in [0.05, 0.1) is 22.3 Å². The van der Waals surface area contributed by atoms with E-state index in [2.05, 4.69) is 15.0 Å². The van der Waals surface area contributed by atoms with Crippen LogP contribution in [0.4, 0.5) is 13.2 Å². The summed E-state index contributed by atoms with van der Waals surface area (Å²) < 4.78 is 64.7. The Bertz CT molecular complexity index is 1050. The van der Waals surface area contributed by atoms with Crippen LogP contribution >= 0.6 is 0 Å². The summed E-state index contributed by atoms with van der Waals surface area (Å²) in [5.74, 6) is 0.314. The number of sulfone groups is 1. The summed E-state index contributed by atoms with van der Waals surface area (Å²) in [6.45, 7) is 1.58. The number of pyridine rings is 1. The number of halogens is 3. The van der Waals surface area contributed by atoms with Crippen LogP contribution in [0, 0.1) is 6.92 Å². The van der Waals surface area contributed by atoms with Crippen LogP contribution < -0.4 is 0 Å². The largest absolute Gasteiger partial charge is 0.416 e. The number of aromatic nitrogens is 3. The van der Waals surface area contributed by atoms with E-state index >= 15 is 0 Å². The molecule has 2 heterocycles. The normalized spacial score (nSPS) is 12.2. The van der Waals surface area contributed by atoms with Crippen LogP contribution in [-0.4, -0.2) is 23.4 Å². The summed E-state index contributed by atoms with van der Waals surface area (Å²) >= 11 is 0. The molecule has 0 atom stereocenters. The fourth-order valence-electron chi connectivity index (χ4n) is 2.31. The van der Waals surface area contributed by atoms with E-state index in [1.54, 1.807) is 25.1 Å². The van der Waals surface area contributed by atoms with E-state index in [4.69, 9.17) is 0 Å². The molecule has 0 aliphatic carbocycles. The molecule has 0 spiro atoms. The standard InChI is InChI=1S/C17H12F3N3O2S/c1-11-22-10-15(16(23-11)14-7-2-3-8-21-14)26(24,25)13-6-4-5-12(9-13)17(18,19)20/h2-10H,1H3. The molecule has 5 nitrogen and oxygen atoms in total. The third-order valence-electron chi connectivity index (χ3n) is 3.54. The van der Waals surface area contributed by atoms with Gasteiger partial charge in [-0.3, -0.25) is 4.98 Å². The molecule has 134 valence electrons. The molecule has 0 bridgehead atoms. The van der Waals surface area contributed by atoms with Crippen LogP contribution in [-0.2, 0) is 16.0 Å². The average Bonchev–Trinajstić information content (AvgIpc) is 2.61. The second kappa shape index (κ2) is 6.49. The van der Waals surface area contributed by atoms with Crippen LogP contribution in [0.15, 0.2) is 64.6 Å². The molecule has 0 radical (unpaired) electrons. The zero-order chi connectivity index (χ0) is 18.9. The minimum Gasteiger partial charge on any atom is -0.255 e. The van der Waals surface area contributed by atoms with Gasteiger partial charge in [0, 0.05) is 6.20 Å². The van der Waals surface area contributed by atoms with Crippen molar-refractivity contribution in [1.29, 1.82) is 0 Å². The van der Waals surface area contributed by atoms with Crippen molar-refractivity contribution in [3.05, 3.63) is 66.2 Å². The van der Waals surface area contributed by atoms with Gasteiger partial charge in [-0.2, -0.15) is 13.2 Å². The quantitative estimate of drug-likeness (QED) is 0.694. The summed E-state index contributed by atoms with van der Waals surface area (Å²) in [5.41, 5.74) is -0.731. The molecular weight excluding hydrogens is 367 g/mol. The first kappa shape index (κ1) is 18.0. The average molecular weight is 379 g/mol. The molecule has 0 N–H and O–H groups in total. The number of hydrogen-bond donors (Lipinski definition) is 0. The molecule has 0 aliphatic heterocycles. The Morgan fingerprint density at radius 3 is 2.42 bits per heavy atom. The highest BCUT2D eigenvalue weighted by Gasteiger charge is 2.32. The van der Waals surface area contributed by atoms with Crippen LogP contribution in [0.3, 0.4) is 0 Å². The summed E-state index contributed by atoms with van der Waals surface area (Å²) in [6.07, 6.45) is -2.10. The molecule has 0 amide bonds. The van der Waals surface area contributed by atoms with Crippen molar-refractivity contribution in [3.63, 3.8) is 0 Å². The topological polar surface area (TPSA) is 72.8 Å². The fourth-order valence-corrected chi connectivity index (χ4v) is 3.70. The Labute approximate surface area is 147 Å². The Morgan fingerprint density at radius 2 is 1.77 bits per heavy atom. The van der Waals surface area contributed by atoms with E-state index in [-0.39, 0.29) is 16.3 Å². The van der Waals surface area contributed by atoms with Crippen LogP contribution in [0.2, 0.25) is 0 Å². The zero-order valence-corrected chi connectivity index (χ0v) is 14.2. The smallest absolute Gasteiger partial charge is 0.255 e. The molecule has 26 heavy (non-hydrogen) atoms. The fraction of sp³-hybridized carbons (Fsp3) is 0.118. The molecule has 0 unspecified atom stereocenters. The van der Waals surface area contributed by atoms with Crippen molar-refractivity contribution in [3.8, 4) is 11.4 Å². The van der Waals surface area contributed by atoms with E-state index in [0.29, 0.717) is 11.9 Å².